The Morgan fingerprint density at radius 2 is 1.89 bits per heavy atom. The second-order valence-corrected chi connectivity index (χ2v) is 3.20. The van der Waals surface area contributed by atoms with Crippen LogP contribution in [0, 0.1) is 20.2 Å². The number of carboxylic acid groups (broad SMARTS) is 1. The fourth-order valence-corrected chi connectivity index (χ4v) is 1.48. The molecule has 18 heavy (non-hydrogen) atoms. The zero-order chi connectivity index (χ0) is 13.9. The van der Waals surface area contributed by atoms with Crippen LogP contribution < -0.4 is 0 Å². The van der Waals surface area contributed by atoms with Crippen LogP contribution in [0.25, 0.3) is 5.57 Å². The van der Waals surface area contributed by atoms with Crippen LogP contribution in [0.4, 0.5) is 11.4 Å². The average molecular weight is 252 g/mol. The maximum atomic E-state index is 10.9. The molecule has 1 aromatic carbocycles. The van der Waals surface area contributed by atoms with Crippen LogP contribution in [0.1, 0.15) is 12.5 Å². The topological polar surface area (TPSA) is 124 Å². The number of aliphatic carboxylic acids is 1. The van der Waals surface area contributed by atoms with Gasteiger partial charge in [0, 0.05) is 6.07 Å². The number of rotatable bonds is 4. The van der Waals surface area contributed by atoms with Crippen molar-refractivity contribution in [1.82, 2.24) is 0 Å². The molecule has 0 aliphatic heterocycles. The van der Waals surface area contributed by atoms with Crippen molar-refractivity contribution in [2.24, 2.45) is 0 Å². The summed E-state index contributed by atoms with van der Waals surface area (Å²) in [7, 11) is 0. The van der Waals surface area contributed by atoms with E-state index < -0.39 is 27.2 Å². The predicted octanol–water partition coefficient (Wildman–Crippen LogP) is 1.99. The van der Waals surface area contributed by atoms with Gasteiger partial charge in [-0.2, -0.15) is 0 Å². The van der Waals surface area contributed by atoms with Gasteiger partial charge in [-0.05, 0) is 13.0 Å². The number of hydrogen-bond acceptors (Lipinski definition) is 5. The number of nitro benzene ring substituents is 2. The minimum atomic E-state index is -1.39. The normalized spacial score (nSPS) is 11.1. The third-order valence-electron chi connectivity index (χ3n) is 2.20. The van der Waals surface area contributed by atoms with Crippen molar-refractivity contribution >= 4 is 22.9 Å². The number of nitrogens with zero attached hydrogens (tertiary/aromatic N) is 2. The molecule has 0 radical (unpaired) electrons. The van der Waals surface area contributed by atoms with Crippen molar-refractivity contribution in [3.63, 3.8) is 0 Å². The molecule has 0 saturated carbocycles. The van der Waals surface area contributed by atoms with E-state index in [1.165, 1.54) is 13.0 Å². The Morgan fingerprint density at radius 3 is 2.28 bits per heavy atom. The minimum Gasteiger partial charge on any atom is -0.478 e. The molecule has 8 heteroatoms. The largest absolute Gasteiger partial charge is 0.478 e. The summed E-state index contributed by atoms with van der Waals surface area (Å²) in [6.07, 6.45) is 1.15. The molecule has 0 fully saturated rings. The smallest absolute Gasteiger partial charge is 0.354 e. The van der Waals surface area contributed by atoms with Gasteiger partial charge in [-0.1, -0.05) is 12.1 Å². The first-order valence-electron chi connectivity index (χ1n) is 4.72. The first-order chi connectivity index (χ1) is 8.40. The van der Waals surface area contributed by atoms with Crippen LogP contribution in [-0.2, 0) is 4.79 Å². The lowest BCUT2D eigenvalue weighted by molar-refractivity contribution is -0.422. The highest BCUT2D eigenvalue weighted by molar-refractivity contribution is 6.16. The Bertz CT molecular complexity index is 563. The molecule has 0 unspecified atom stereocenters. The molecular weight excluding hydrogens is 244 g/mol. The molecule has 0 heterocycles. The van der Waals surface area contributed by atoms with Crippen molar-refractivity contribution in [2.75, 3.05) is 0 Å². The minimum absolute atomic E-state index is 0.288. The van der Waals surface area contributed by atoms with Crippen LogP contribution in [-0.4, -0.2) is 20.9 Å². The lowest BCUT2D eigenvalue weighted by Gasteiger charge is -2.03. The Morgan fingerprint density at radius 1 is 1.28 bits per heavy atom. The van der Waals surface area contributed by atoms with Gasteiger partial charge in [0.15, 0.2) is 0 Å². The molecule has 8 nitrogen and oxygen atoms in total. The first kappa shape index (κ1) is 13.3. The molecular formula is C10H8N2O6. The highest BCUT2D eigenvalue weighted by atomic mass is 16.6. The summed E-state index contributed by atoms with van der Waals surface area (Å²) in [6.45, 7) is 1.38. The van der Waals surface area contributed by atoms with Crippen molar-refractivity contribution in [1.29, 1.82) is 0 Å². The summed E-state index contributed by atoms with van der Waals surface area (Å²) in [4.78, 5) is 30.6. The Kier molecular flexibility index (Phi) is 3.72. The molecule has 0 aromatic heterocycles. The summed E-state index contributed by atoms with van der Waals surface area (Å²) in [5.41, 5.74) is -2.20. The van der Waals surface area contributed by atoms with Gasteiger partial charge in [-0.25, -0.2) is 4.79 Å². The number of benzene rings is 1. The van der Waals surface area contributed by atoms with Crippen molar-refractivity contribution in [2.45, 2.75) is 6.92 Å². The molecule has 94 valence electrons. The van der Waals surface area contributed by atoms with Crippen molar-refractivity contribution < 1.29 is 19.7 Å². The number of nitro groups is 2. The second-order valence-electron chi connectivity index (χ2n) is 3.20. The monoisotopic (exact) mass is 252 g/mol. The maximum absolute atomic E-state index is 10.9. The number of hydrogen-bond donors (Lipinski definition) is 1. The quantitative estimate of drug-likeness (QED) is 0.496. The molecule has 0 amide bonds. The lowest BCUT2D eigenvalue weighted by atomic mass is 10.0. The molecule has 1 aromatic rings. The van der Waals surface area contributed by atoms with E-state index in [9.17, 15) is 25.0 Å². The average Bonchev–Trinajstić information content (AvgIpc) is 2.28. The van der Waals surface area contributed by atoms with E-state index in [1.54, 1.807) is 0 Å². The molecule has 0 aliphatic carbocycles. The van der Waals surface area contributed by atoms with E-state index in [0.717, 1.165) is 18.2 Å². The Labute approximate surface area is 100 Å². The van der Waals surface area contributed by atoms with Crippen LogP contribution in [0.2, 0.25) is 0 Å². The van der Waals surface area contributed by atoms with Crippen molar-refractivity contribution in [3.05, 3.63) is 50.1 Å². The zero-order valence-electron chi connectivity index (χ0n) is 9.19. The van der Waals surface area contributed by atoms with Gasteiger partial charge < -0.3 is 5.11 Å². The van der Waals surface area contributed by atoms with Gasteiger partial charge in [-0.3, -0.25) is 20.2 Å². The first-order valence-corrected chi connectivity index (χ1v) is 4.72. The van der Waals surface area contributed by atoms with E-state index in [2.05, 4.69) is 0 Å². The maximum Gasteiger partial charge on any atom is 0.354 e. The third kappa shape index (κ3) is 2.32. The summed E-state index contributed by atoms with van der Waals surface area (Å²) >= 11 is 0. The highest BCUT2D eigenvalue weighted by Crippen LogP contribution is 2.34. The van der Waals surface area contributed by atoms with E-state index >= 15 is 0 Å². The van der Waals surface area contributed by atoms with Gasteiger partial charge in [0.25, 0.3) is 0 Å². The Balaban J connectivity index is 3.64. The molecule has 0 spiro atoms. The zero-order valence-corrected chi connectivity index (χ0v) is 9.19. The highest BCUT2D eigenvalue weighted by Gasteiger charge is 2.31. The van der Waals surface area contributed by atoms with E-state index in [0.29, 0.717) is 0 Å². The van der Waals surface area contributed by atoms with Gasteiger partial charge in [0.2, 0.25) is 0 Å². The summed E-state index contributed by atoms with van der Waals surface area (Å²) < 4.78 is 0. The number of para-hydroxylation sites is 1. The number of carbonyl (C=O) groups is 1. The molecule has 0 atom stereocenters. The predicted molar refractivity (Wildman–Crippen MR) is 61.0 cm³/mol. The van der Waals surface area contributed by atoms with Crippen LogP contribution in [0.5, 0.6) is 0 Å². The number of carboxylic acids is 1. The van der Waals surface area contributed by atoms with Crippen LogP contribution in [0.3, 0.4) is 0 Å². The SMILES string of the molecule is C/C=C(/C(=O)O)c1cccc([N+](=O)[O-])c1[N+](=O)[O-]. The van der Waals surface area contributed by atoms with Crippen LogP contribution in [0.15, 0.2) is 24.3 Å². The molecule has 1 rings (SSSR count). The van der Waals surface area contributed by atoms with E-state index in [4.69, 9.17) is 5.11 Å². The third-order valence-corrected chi connectivity index (χ3v) is 2.20. The van der Waals surface area contributed by atoms with Gasteiger partial charge in [0.05, 0.1) is 21.0 Å². The summed E-state index contributed by atoms with van der Waals surface area (Å²) in [6, 6.07) is 3.32. The number of allylic oxidation sites excluding steroid dienone is 1. The van der Waals surface area contributed by atoms with E-state index in [-0.39, 0.29) is 11.1 Å². The standard InChI is InChI=1S/C10H8N2O6/c1-2-6(10(13)14)7-4-3-5-8(11(15)16)9(7)12(17)18/h2-5H,1H3,(H,13,14)/b6-2+. The summed E-state index contributed by atoms with van der Waals surface area (Å²) in [5, 5.41) is 30.5. The lowest BCUT2D eigenvalue weighted by Crippen LogP contribution is -2.05. The fraction of sp³-hybridized carbons (Fsp3) is 0.100. The molecule has 0 aliphatic rings. The molecule has 0 bridgehead atoms. The van der Waals surface area contributed by atoms with Gasteiger partial charge in [-0.15, -0.1) is 0 Å². The fourth-order valence-electron chi connectivity index (χ4n) is 1.48. The van der Waals surface area contributed by atoms with Gasteiger partial charge >= 0.3 is 17.3 Å². The van der Waals surface area contributed by atoms with Gasteiger partial charge in [0.1, 0.15) is 0 Å². The van der Waals surface area contributed by atoms with Crippen molar-refractivity contribution in [3.8, 4) is 0 Å². The molecule has 0 saturated heterocycles. The van der Waals surface area contributed by atoms with E-state index in [1.807, 2.05) is 0 Å². The Hall–Kier alpha value is -2.77. The molecule has 1 N–H and O–H groups in total. The second kappa shape index (κ2) is 5.04. The summed E-state index contributed by atoms with van der Waals surface area (Å²) in [5.74, 6) is -1.39. The van der Waals surface area contributed by atoms with Crippen LogP contribution >= 0.6 is 0 Å².